The van der Waals surface area contributed by atoms with Crippen LogP contribution in [-0.2, 0) is 6.54 Å². The van der Waals surface area contributed by atoms with Crippen molar-refractivity contribution in [3.05, 3.63) is 24.0 Å². The van der Waals surface area contributed by atoms with Gasteiger partial charge in [-0.3, -0.25) is 4.79 Å². The molecule has 2 aromatic rings. The van der Waals surface area contributed by atoms with E-state index in [0.29, 0.717) is 6.54 Å². The average molecular weight is 249 g/mol. The lowest BCUT2D eigenvalue weighted by atomic mass is 10.2. The number of aryl methyl sites for hydroxylation is 1. The van der Waals surface area contributed by atoms with E-state index in [4.69, 9.17) is 0 Å². The van der Waals surface area contributed by atoms with E-state index in [9.17, 15) is 4.79 Å². The molecule has 0 spiro atoms. The molecule has 0 saturated carbocycles. The summed E-state index contributed by atoms with van der Waals surface area (Å²) in [5.74, 6) is 0.470. The number of hydrogen-bond donors (Lipinski definition) is 2. The molecular formula is C10H15N7O. The number of carbonyl (C=O) groups excluding carboxylic acids is 1. The summed E-state index contributed by atoms with van der Waals surface area (Å²) >= 11 is 0. The van der Waals surface area contributed by atoms with Gasteiger partial charge in [-0.25, -0.2) is 9.67 Å². The average Bonchev–Trinajstić information content (AvgIpc) is 3.05. The lowest BCUT2D eigenvalue weighted by molar-refractivity contribution is 0.0927. The molecule has 0 aromatic carbocycles. The van der Waals surface area contributed by atoms with Gasteiger partial charge in [0.05, 0.1) is 12.2 Å². The van der Waals surface area contributed by atoms with E-state index in [1.165, 1.54) is 12.5 Å². The van der Waals surface area contributed by atoms with E-state index in [2.05, 4.69) is 30.8 Å². The standard InChI is InChI=1S/C10H15N7O/c1-3-7(9-11-6-13-17(9)4-2)14-10(18)8-5-12-16-15-8/h5-7H,3-4H2,1-2H3,(H,14,18)(H,12,15,16)/t7-/m1/s1. The molecule has 0 aliphatic heterocycles. The summed E-state index contributed by atoms with van der Waals surface area (Å²) in [5.41, 5.74) is 0.260. The summed E-state index contributed by atoms with van der Waals surface area (Å²) in [6.45, 7) is 4.67. The topological polar surface area (TPSA) is 101 Å². The van der Waals surface area contributed by atoms with Gasteiger partial charge in [-0.05, 0) is 13.3 Å². The van der Waals surface area contributed by atoms with E-state index < -0.39 is 0 Å². The van der Waals surface area contributed by atoms with Crippen LogP contribution in [0.5, 0.6) is 0 Å². The predicted molar refractivity (Wildman–Crippen MR) is 62.6 cm³/mol. The monoisotopic (exact) mass is 249 g/mol. The first-order valence-corrected chi connectivity index (χ1v) is 5.80. The van der Waals surface area contributed by atoms with E-state index >= 15 is 0 Å². The fourth-order valence-corrected chi connectivity index (χ4v) is 1.68. The van der Waals surface area contributed by atoms with Crippen LogP contribution in [0, 0.1) is 0 Å². The third kappa shape index (κ3) is 2.36. The molecule has 0 aliphatic rings. The number of aromatic amines is 1. The molecule has 2 rings (SSSR count). The fourth-order valence-electron chi connectivity index (χ4n) is 1.68. The number of H-pyrrole nitrogens is 1. The van der Waals surface area contributed by atoms with Crippen LogP contribution in [0.15, 0.2) is 12.5 Å². The molecule has 1 amide bonds. The van der Waals surface area contributed by atoms with Crippen molar-refractivity contribution in [2.75, 3.05) is 0 Å². The van der Waals surface area contributed by atoms with Crippen molar-refractivity contribution < 1.29 is 4.79 Å². The Morgan fingerprint density at radius 1 is 1.56 bits per heavy atom. The molecule has 18 heavy (non-hydrogen) atoms. The predicted octanol–water partition coefficient (Wildman–Crippen LogP) is 0.297. The highest BCUT2D eigenvalue weighted by atomic mass is 16.2. The number of nitrogens with zero attached hydrogens (tertiary/aromatic N) is 5. The van der Waals surface area contributed by atoms with Crippen LogP contribution >= 0.6 is 0 Å². The highest BCUT2D eigenvalue weighted by Gasteiger charge is 2.19. The van der Waals surface area contributed by atoms with Gasteiger partial charge in [0.25, 0.3) is 5.91 Å². The summed E-state index contributed by atoms with van der Waals surface area (Å²) in [4.78, 5) is 16.1. The van der Waals surface area contributed by atoms with Gasteiger partial charge in [0.1, 0.15) is 12.2 Å². The largest absolute Gasteiger partial charge is 0.341 e. The molecule has 0 bridgehead atoms. The van der Waals surface area contributed by atoms with Crippen LogP contribution in [-0.4, -0.2) is 36.1 Å². The Morgan fingerprint density at radius 3 is 3.00 bits per heavy atom. The van der Waals surface area contributed by atoms with Gasteiger partial charge in [-0.15, -0.1) is 0 Å². The molecule has 2 heterocycles. The molecule has 8 heteroatoms. The molecule has 8 nitrogen and oxygen atoms in total. The van der Waals surface area contributed by atoms with Crippen molar-refractivity contribution in [2.45, 2.75) is 32.9 Å². The number of nitrogens with one attached hydrogen (secondary N) is 2. The maximum atomic E-state index is 11.9. The number of aromatic nitrogens is 6. The van der Waals surface area contributed by atoms with Crippen molar-refractivity contribution in [1.29, 1.82) is 0 Å². The zero-order valence-corrected chi connectivity index (χ0v) is 10.3. The number of hydrogen-bond acceptors (Lipinski definition) is 5. The zero-order chi connectivity index (χ0) is 13.0. The first-order chi connectivity index (χ1) is 8.76. The number of rotatable bonds is 5. The molecular weight excluding hydrogens is 234 g/mol. The van der Waals surface area contributed by atoms with Crippen LogP contribution in [0.25, 0.3) is 0 Å². The zero-order valence-electron chi connectivity index (χ0n) is 10.3. The van der Waals surface area contributed by atoms with Crippen LogP contribution in [0.4, 0.5) is 0 Å². The van der Waals surface area contributed by atoms with Crippen molar-refractivity contribution in [3.8, 4) is 0 Å². The SMILES string of the molecule is CC[C@@H](NC(=O)c1cn[nH]n1)c1ncnn1CC. The first kappa shape index (κ1) is 12.2. The highest BCUT2D eigenvalue weighted by Crippen LogP contribution is 2.13. The fraction of sp³-hybridized carbons (Fsp3) is 0.500. The van der Waals surface area contributed by atoms with Gasteiger partial charge >= 0.3 is 0 Å². The Kier molecular flexibility index (Phi) is 3.66. The molecule has 0 radical (unpaired) electrons. The van der Waals surface area contributed by atoms with E-state index in [1.807, 2.05) is 13.8 Å². The van der Waals surface area contributed by atoms with Gasteiger partial charge in [0.15, 0.2) is 5.69 Å². The minimum absolute atomic E-state index is 0.184. The van der Waals surface area contributed by atoms with E-state index in [-0.39, 0.29) is 17.6 Å². The van der Waals surface area contributed by atoms with E-state index in [1.54, 1.807) is 4.68 Å². The Balaban J connectivity index is 2.13. The van der Waals surface area contributed by atoms with Gasteiger partial charge in [0, 0.05) is 6.54 Å². The van der Waals surface area contributed by atoms with Crippen LogP contribution in [0.3, 0.4) is 0 Å². The first-order valence-electron chi connectivity index (χ1n) is 5.80. The van der Waals surface area contributed by atoms with Crippen molar-refractivity contribution >= 4 is 5.91 Å². The summed E-state index contributed by atoms with van der Waals surface area (Å²) in [5, 5.41) is 16.7. The van der Waals surface area contributed by atoms with Gasteiger partial charge in [0.2, 0.25) is 0 Å². The highest BCUT2D eigenvalue weighted by molar-refractivity contribution is 5.92. The molecule has 2 aromatic heterocycles. The molecule has 0 aliphatic carbocycles. The molecule has 0 saturated heterocycles. The smallest absolute Gasteiger partial charge is 0.274 e. The molecule has 2 N–H and O–H groups in total. The second-order valence-corrected chi connectivity index (χ2v) is 3.72. The minimum atomic E-state index is -0.277. The lowest BCUT2D eigenvalue weighted by Gasteiger charge is -2.15. The second-order valence-electron chi connectivity index (χ2n) is 3.72. The normalized spacial score (nSPS) is 12.3. The Labute approximate surface area is 104 Å². The number of carbonyl (C=O) groups is 1. The maximum absolute atomic E-state index is 11.9. The Hall–Kier alpha value is -2.25. The molecule has 1 atom stereocenters. The third-order valence-corrected chi connectivity index (χ3v) is 2.62. The third-order valence-electron chi connectivity index (χ3n) is 2.62. The molecule has 0 fully saturated rings. The van der Waals surface area contributed by atoms with Crippen molar-refractivity contribution in [1.82, 2.24) is 35.5 Å². The molecule has 96 valence electrons. The quantitative estimate of drug-likeness (QED) is 0.793. The van der Waals surface area contributed by atoms with Crippen LogP contribution in [0.2, 0.25) is 0 Å². The summed E-state index contributed by atoms with van der Waals surface area (Å²) in [7, 11) is 0. The van der Waals surface area contributed by atoms with Gasteiger partial charge in [-0.1, -0.05) is 6.92 Å². The number of amides is 1. The van der Waals surface area contributed by atoms with Crippen LogP contribution in [0.1, 0.15) is 42.6 Å². The Morgan fingerprint density at radius 2 is 2.39 bits per heavy atom. The maximum Gasteiger partial charge on any atom is 0.274 e. The van der Waals surface area contributed by atoms with Crippen molar-refractivity contribution in [2.24, 2.45) is 0 Å². The summed E-state index contributed by atoms with van der Waals surface area (Å²) < 4.78 is 1.76. The lowest BCUT2D eigenvalue weighted by Crippen LogP contribution is -2.30. The van der Waals surface area contributed by atoms with Gasteiger partial charge < -0.3 is 5.32 Å². The minimum Gasteiger partial charge on any atom is -0.341 e. The Bertz CT molecular complexity index is 504. The van der Waals surface area contributed by atoms with Crippen LogP contribution < -0.4 is 5.32 Å². The van der Waals surface area contributed by atoms with Crippen molar-refractivity contribution in [3.63, 3.8) is 0 Å². The molecule has 0 unspecified atom stereocenters. The summed E-state index contributed by atoms with van der Waals surface area (Å²) in [6.07, 6.45) is 3.60. The second kappa shape index (κ2) is 5.39. The van der Waals surface area contributed by atoms with Gasteiger partial charge in [-0.2, -0.15) is 20.5 Å². The van der Waals surface area contributed by atoms with E-state index in [0.717, 1.165) is 12.2 Å². The summed E-state index contributed by atoms with van der Waals surface area (Å²) in [6, 6.07) is -0.184.